The van der Waals surface area contributed by atoms with Crippen molar-refractivity contribution in [2.24, 2.45) is 16.8 Å². The molecule has 2 aliphatic carbocycles. The van der Waals surface area contributed by atoms with E-state index < -0.39 is 5.97 Å². The van der Waals surface area contributed by atoms with E-state index >= 15 is 0 Å². The number of aliphatic imine (C=N–C) groups is 1. The SMILES string of the molecule is CC(=O)OCc1c(O)cc2n(c1=O)CC1=C3CCCC4C(C)=C(P)C=C(N=C12)C34. The molecule has 3 unspecified atom stereocenters. The molecule has 3 heterocycles. The first-order chi connectivity index (χ1) is 13.9. The molecule has 5 rings (SSSR count). The molecule has 6 nitrogen and oxygen atoms in total. The number of carbonyl (C=O) groups is 1. The van der Waals surface area contributed by atoms with Crippen molar-refractivity contribution in [2.75, 3.05) is 0 Å². The lowest BCUT2D eigenvalue weighted by Crippen LogP contribution is -2.31. The van der Waals surface area contributed by atoms with Gasteiger partial charge < -0.3 is 14.4 Å². The van der Waals surface area contributed by atoms with Crippen LogP contribution in [0.3, 0.4) is 0 Å². The smallest absolute Gasteiger partial charge is 0.302 e. The van der Waals surface area contributed by atoms with Gasteiger partial charge in [-0.05, 0) is 49.1 Å². The lowest BCUT2D eigenvalue weighted by atomic mass is 9.66. The molecule has 1 aromatic rings. The maximum absolute atomic E-state index is 13.0. The molecule has 150 valence electrons. The van der Waals surface area contributed by atoms with Crippen molar-refractivity contribution in [1.29, 1.82) is 0 Å². The van der Waals surface area contributed by atoms with Gasteiger partial charge in [-0.1, -0.05) is 11.1 Å². The van der Waals surface area contributed by atoms with Crippen molar-refractivity contribution in [3.63, 3.8) is 0 Å². The second-order valence-electron chi connectivity index (χ2n) is 8.21. The van der Waals surface area contributed by atoms with Crippen LogP contribution < -0.4 is 5.56 Å². The molecule has 2 aliphatic heterocycles. The lowest BCUT2D eigenvalue weighted by Gasteiger charge is -2.41. The summed E-state index contributed by atoms with van der Waals surface area (Å²) in [5, 5.41) is 11.6. The lowest BCUT2D eigenvalue weighted by molar-refractivity contribution is -0.142. The highest BCUT2D eigenvalue weighted by molar-refractivity contribution is 7.23. The summed E-state index contributed by atoms with van der Waals surface area (Å²) in [4.78, 5) is 29.2. The highest BCUT2D eigenvalue weighted by Gasteiger charge is 2.42. The van der Waals surface area contributed by atoms with Crippen LogP contribution in [-0.4, -0.2) is 21.4 Å². The number of dihydropyridines is 1. The molecule has 0 saturated heterocycles. The monoisotopic (exact) mass is 410 g/mol. The van der Waals surface area contributed by atoms with Gasteiger partial charge in [0.25, 0.3) is 5.56 Å². The summed E-state index contributed by atoms with van der Waals surface area (Å²) in [5.41, 5.74) is 6.20. The summed E-state index contributed by atoms with van der Waals surface area (Å²) in [5.74, 6) is 0.126. The third-order valence-corrected chi connectivity index (χ3v) is 7.26. The number of rotatable bonds is 2. The number of ether oxygens (including phenoxy) is 1. The Morgan fingerprint density at radius 1 is 1.45 bits per heavy atom. The average Bonchev–Trinajstić information content (AvgIpc) is 3.04. The van der Waals surface area contributed by atoms with E-state index in [0.29, 0.717) is 24.1 Å². The summed E-state index contributed by atoms with van der Waals surface area (Å²) in [7, 11) is 2.83. The Bertz CT molecular complexity index is 1150. The highest BCUT2D eigenvalue weighted by Crippen LogP contribution is 2.52. The Hall–Kier alpha value is -2.46. The maximum atomic E-state index is 13.0. The van der Waals surface area contributed by atoms with E-state index in [9.17, 15) is 14.7 Å². The molecule has 4 aliphatic rings. The average molecular weight is 410 g/mol. The molecule has 1 aromatic heterocycles. The summed E-state index contributed by atoms with van der Waals surface area (Å²) in [6, 6.07) is 1.58. The molecule has 7 heteroatoms. The van der Waals surface area contributed by atoms with E-state index in [0.717, 1.165) is 36.2 Å². The number of carbonyl (C=O) groups excluding carboxylic acids is 1. The standard InChI is InChI=1S/C22H23N2O4P/c1-10-12-4-3-5-13-14-8-24-17(21(14)23-16(20(12)13)6-19(10)29)7-18(26)15(22(24)27)9-28-11(2)25/h6-7,12,20,26H,3-5,8-9,29H2,1-2H3. The first kappa shape index (κ1) is 18.6. The predicted molar refractivity (Wildman–Crippen MR) is 113 cm³/mol. The van der Waals surface area contributed by atoms with Crippen molar-refractivity contribution in [2.45, 2.75) is 46.3 Å². The zero-order valence-electron chi connectivity index (χ0n) is 16.5. The Kier molecular flexibility index (Phi) is 4.18. The summed E-state index contributed by atoms with van der Waals surface area (Å²) >= 11 is 0. The van der Waals surface area contributed by atoms with Gasteiger partial charge in [-0.25, -0.2) is 0 Å². The van der Waals surface area contributed by atoms with Gasteiger partial charge in [0, 0.05) is 24.6 Å². The number of hydrogen-bond donors (Lipinski definition) is 1. The Labute approximate surface area is 170 Å². The molecule has 1 saturated carbocycles. The number of aromatic hydroxyl groups is 1. The van der Waals surface area contributed by atoms with E-state index in [1.165, 1.54) is 23.4 Å². The number of allylic oxidation sites excluding steroid dienone is 5. The minimum Gasteiger partial charge on any atom is -0.507 e. The van der Waals surface area contributed by atoms with Crippen LogP contribution in [-0.2, 0) is 22.7 Å². The zero-order chi connectivity index (χ0) is 20.4. The van der Waals surface area contributed by atoms with E-state index in [2.05, 4.69) is 22.2 Å². The molecule has 0 radical (unpaired) electrons. The van der Waals surface area contributed by atoms with Crippen LogP contribution in [0.4, 0.5) is 0 Å². The maximum Gasteiger partial charge on any atom is 0.302 e. The molecule has 3 atom stereocenters. The van der Waals surface area contributed by atoms with Gasteiger partial charge in [0.2, 0.25) is 0 Å². The summed E-state index contributed by atoms with van der Waals surface area (Å²) in [6.07, 6.45) is 5.45. The number of nitrogens with zero attached hydrogens (tertiary/aromatic N) is 2. The summed E-state index contributed by atoms with van der Waals surface area (Å²) < 4.78 is 6.62. The Morgan fingerprint density at radius 2 is 2.24 bits per heavy atom. The van der Waals surface area contributed by atoms with E-state index in [1.54, 1.807) is 10.6 Å². The molecular formula is C22H23N2O4P. The van der Waals surface area contributed by atoms with Gasteiger partial charge >= 0.3 is 5.97 Å². The molecular weight excluding hydrogens is 387 g/mol. The number of fused-ring (bicyclic) bond motifs is 3. The second-order valence-corrected chi connectivity index (χ2v) is 8.84. The second kappa shape index (κ2) is 6.53. The topological polar surface area (TPSA) is 80.9 Å². The van der Waals surface area contributed by atoms with Gasteiger partial charge in [0.15, 0.2) is 0 Å². The number of pyridine rings is 1. The normalized spacial score (nSPS) is 24.5. The quantitative estimate of drug-likeness (QED) is 0.600. The van der Waals surface area contributed by atoms with Crippen LogP contribution in [0.5, 0.6) is 5.75 Å². The van der Waals surface area contributed by atoms with E-state index in [1.807, 2.05) is 0 Å². The Balaban J connectivity index is 1.66. The van der Waals surface area contributed by atoms with Crippen molar-refractivity contribution in [3.05, 3.63) is 61.5 Å². The zero-order valence-corrected chi connectivity index (χ0v) is 17.6. The minimum absolute atomic E-state index is 0.108. The van der Waals surface area contributed by atoms with Crippen molar-refractivity contribution < 1.29 is 14.6 Å². The van der Waals surface area contributed by atoms with Gasteiger partial charge in [0.05, 0.1) is 23.5 Å². The summed E-state index contributed by atoms with van der Waals surface area (Å²) in [6.45, 7) is 3.72. The fourth-order valence-corrected chi connectivity index (χ4v) is 5.56. The van der Waals surface area contributed by atoms with Crippen LogP contribution in [0.2, 0.25) is 0 Å². The molecule has 0 amide bonds. The largest absolute Gasteiger partial charge is 0.507 e. The molecule has 1 N–H and O–H groups in total. The van der Waals surface area contributed by atoms with Crippen molar-refractivity contribution >= 4 is 20.9 Å². The fraction of sp³-hybridized carbons (Fsp3) is 0.409. The number of esters is 1. The first-order valence-electron chi connectivity index (χ1n) is 9.95. The number of aromatic nitrogens is 1. The predicted octanol–water partition coefficient (Wildman–Crippen LogP) is 3.19. The fourth-order valence-electron chi connectivity index (χ4n) is 5.18. The molecule has 1 fully saturated rings. The third-order valence-electron chi connectivity index (χ3n) is 6.64. The molecule has 0 aromatic carbocycles. The van der Waals surface area contributed by atoms with Crippen molar-refractivity contribution in [3.8, 4) is 5.75 Å². The Morgan fingerprint density at radius 3 is 3.00 bits per heavy atom. The van der Waals surface area contributed by atoms with Crippen LogP contribution in [0, 0.1) is 11.8 Å². The van der Waals surface area contributed by atoms with E-state index in [4.69, 9.17) is 9.73 Å². The van der Waals surface area contributed by atoms with E-state index in [-0.39, 0.29) is 23.5 Å². The third kappa shape index (κ3) is 2.69. The van der Waals surface area contributed by atoms with Crippen LogP contribution in [0.1, 0.15) is 44.4 Å². The van der Waals surface area contributed by atoms with Crippen LogP contribution in [0.15, 0.2) is 49.7 Å². The van der Waals surface area contributed by atoms with Crippen LogP contribution >= 0.6 is 9.24 Å². The molecule has 0 spiro atoms. The van der Waals surface area contributed by atoms with Gasteiger partial charge in [-0.2, -0.15) is 0 Å². The number of hydrogen-bond acceptors (Lipinski definition) is 5. The van der Waals surface area contributed by atoms with Crippen molar-refractivity contribution in [1.82, 2.24) is 4.57 Å². The van der Waals surface area contributed by atoms with Gasteiger partial charge in [0.1, 0.15) is 12.4 Å². The molecule has 0 bridgehead atoms. The van der Waals surface area contributed by atoms with Gasteiger partial charge in [-0.3, -0.25) is 14.6 Å². The van der Waals surface area contributed by atoms with Crippen LogP contribution in [0.25, 0.3) is 0 Å². The highest BCUT2D eigenvalue weighted by atomic mass is 31.0. The van der Waals surface area contributed by atoms with Gasteiger partial charge in [-0.15, -0.1) is 9.24 Å². The molecule has 29 heavy (non-hydrogen) atoms. The minimum atomic E-state index is -0.488. The first-order valence-corrected chi connectivity index (χ1v) is 10.5.